The van der Waals surface area contributed by atoms with Crippen LogP contribution < -0.4 is 0 Å². The Morgan fingerprint density at radius 2 is 1.03 bits per heavy atom. The number of hydrogen-bond acceptors (Lipinski definition) is 4. The van der Waals surface area contributed by atoms with Crippen molar-refractivity contribution in [3.05, 3.63) is 60.2 Å². The Bertz CT molecular complexity index is 896. The third-order valence-electron chi connectivity index (χ3n) is 6.81. The van der Waals surface area contributed by atoms with Gasteiger partial charge in [-0.25, -0.2) is 0 Å². The van der Waals surface area contributed by atoms with Crippen molar-refractivity contribution in [2.45, 2.75) is 134 Å². The molecule has 0 bridgehead atoms. The summed E-state index contributed by atoms with van der Waals surface area (Å²) in [6, 6.07) is 16.0. The summed E-state index contributed by atoms with van der Waals surface area (Å²) < 4.78 is 28.8. The van der Waals surface area contributed by atoms with Crippen LogP contribution in [0.1, 0.15) is 129 Å². The molecule has 0 amide bonds. The van der Waals surface area contributed by atoms with E-state index >= 15 is 0 Å². The van der Waals surface area contributed by atoms with E-state index in [2.05, 4.69) is 13.8 Å². The van der Waals surface area contributed by atoms with E-state index in [4.69, 9.17) is 4.18 Å². The maximum absolute atomic E-state index is 11.9. The molecule has 0 aromatic heterocycles. The van der Waals surface area contributed by atoms with Crippen LogP contribution >= 0.6 is 0 Å². The minimum atomic E-state index is -3.57. The fraction of sp³-hybridized carbons (Fsp3) is 0.636. The average Bonchev–Trinajstić information content (AvgIpc) is 2.93. The number of rotatable bonds is 21. The van der Waals surface area contributed by atoms with Gasteiger partial charge < -0.3 is 5.11 Å². The smallest absolute Gasteiger partial charge is 0.296 e. The minimum absolute atomic E-state index is 0.238. The lowest BCUT2D eigenvalue weighted by atomic mass is 10.0. The molecule has 0 saturated heterocycles. The van der Waals surface area contributed by atoms with Gasteiger partial charge in [-0.15, -0.1) is 0 Å². The topological polar surface area (TPSA) is 63.6 Å². The second-order valence-corrected chi connectivity index (χ2v) is 11.9. The lowest BCUT2D eigenvalue weighted by Gasteiger charge is -2.05. The van der Waals surface area contributed by atoms with Crippen molar-refractivity contribution in [3.63, 3.8) is 0 Å². The van der Waals surface area contributed by atoms with Gasteiger partial charge in [0.05, 0.1) is 11.5 Å². The number of para-hydroxylation sites is 1. The lowest BCUT2D eigenvalue weighted by molar-refractivity contribution is 0.306. The average molecular weight is 547 g/mol. The summed E-state index contributed by atoms with van der Waals surface area (Å²) in [6.45, 7) is 4.77. The van der Waals surface area contributed by atoms with Crippen molar-refractivity contribution in [2.24, 2.45) is 0 Å². The predicted octanol–water partition coefficient (Wildman–Crippen LogP) is 10.00. The van der Waals surface area contributed by atoms with E-state index in [1.54, 1.807) is 36.4 Å². The normalized spacial score (nSPS) is 11.2. The van der Waals surface area contributed by atoms with E-state index < -0.39 is 10.1 Å². The van der Waals surface area contributed by atoms with Crippen LogP contribution in [-0.4, -0.2) is 20.1 Å². The summed E-state index contributed by atoms with van der Waals surface area (Å²) in [6.07, 6.45) is 22.6. The van der Waals surface area contributed by atoms with E-state index in [-0.39, 0.29) is 11.5 Å². The van der Waals surface area contributed by atoms with Crippen LogP contribution in [0.4, 0.5) is 0 Å². The van der Waals surface area contributed by atoms with Crippen molar-refractivity contribution in [3.8, 4) is 5.75 Å². The van der Waals surface area contributed by atoms with Crippen LogP contribution in [0.3, 0.4) is 0 Å². The Morgan fingerprint density at radius 1 is 0.579 bits per heavy atom. The SMILES string of the molecule is CCCCCCCCCCCCOS(=O)(=O)c1ccccc1.CCCCCCCCCc1ccccc1O. The number of phenols is 1. The zero-order valence-electron chi connectivity index (χ0n) is 24.2. The monoisotopic (exact) mass is 546 g/mol. The molecule has 5 heteroatoms. The van der Waals surface area contributed by atoms with Gasteiger partial charge in [0.1, 0.15) is 5.75 Å². The minimum Gasteiger partial charge on any atom is -0.508 e. The molecule has 0 saturated carbocycles. The van der Waals surface area contributed by atoms with Crippen LogP contribution in [0.25, 0.3) is 0 Å². The summed E-state index contributed by atoms with van der Waals surface area (Å²) in [4.78, 5) is 0.238. The first kappa shape index (κ1) is 34.2. The molecule has 0 unspecified atom stereocenters. The summed E-state index contributed by atoms with van der Waals surface area (Å²) >= 11 is 0. The standard InChI is InChI=1S/C18H30O3S.C15H24O/c1-2-3-4-5-6-7-8-9-10-14-17-21-22(19,20)18-15-12-11-13-16-18;1-2-3-4-5-6-7-8-11-14-12-9-10-13-15(14)16/h11-13,15-16H,2-10,14,17H2,1H3;9-10,12-13,16H,2-8,11H2,1H3. The zero-order valence-corrected chi connectivity index (χ0v) is 25.0. The van der Waals surface area contributed by atoms with Crippen LogP contribution in [0.2, 0.25) is 0 Å². The molecule has 2 rings (SSSR count). The summed E-state index contributed by atoms with van der Waals surface area (Å²) in [5, 5.41) is 9.58. The Kier molecular flexibility index (Phi) is 20.8. The van der Waals surface area contributed by atoms with Crippen LogP contribution in [0.5, 0.6) is 5.75 Å². The molecule has 0 fully saturated rings. The fourth-order valence-electron chi connectivity index (χ4n) is 4.41. The predicted molar refractivity (Wildman–Crippen MR) is 161 cm³/mol. The van der Waals surface area contributed by atoms with E-state index in [1.807, 2.05) is 18.2 Å². The molecule has 0 spiro atoms. The maximum atomic E-state index is 11.9. The molecule has 38 heavy (non-hydrogen) atoms. The van der Waals surface area contributed by atoms with Gasteiger partial charge in [-0.3, -0.25) is 4.18 Å². The van der Waals surface area contributed by atoms with Gasteiger partial charge in [0.25, 0.3) is 10.1 Å². The molecule has 2 aromatic carbocycles. The quantitative estimate of drug-likeness (QED) is 0.125. The molecule has 4 nitrogen and oxygen atoms in total. The second-order valence-electron chi connectivity index (χ2n) is 10.3. The van der Waals surface area contributed by atoms with Gasteiger partial charge in [0.2, 0.25) is 0 Å². The highest BCUT2D eigenvalue weighted by atomic mass is 32.2. The number of hydrogen-bond donors (Lipinski definition) is 1. The molecule has 1 N–H and O–H groups in total. The molecule has 0 radical (unpaired) electrons. The number of phenolic OH excluding ortho intramolecular Hbond substituents is 1. The number of benzene rings is 2. The first-order valence-corrected chi connectivity index (χ1v) is 16.6. The fourth-order valence-corrected chi connectivity index (χ4v) is 5.37. The highest BCUT2D eigenvalue weighted by molar-refractivity contribution is 7.86. The Balaban J connectivity index is 0.000000399. The third kappa shape index (κ3) is 17.6. The van der Waals surface area contributed by atoms with Gasteiger partial charge in [-0.05, 0) is 43.0 Å². The van der Waals surface area contributed by atoms with Crippen LogP contribution in [-0.2, 0) is 20.7 Å². The molecule has 0 aliphatic carbocycles. The molecular formula is C33H54O4S. The van der Waals surface area contributed by atoms with Crippen molar-refractivity contribution >= 4 is 10.1 Å². The largest absolute Gasteiger partial charge is 0.508 e. The molecular weight excluding hydrogens is 492 g/mol. The Labute approximate surface area is 234 Å². The molecule has 2 aromatic rings. The maximum Gasteiger partial charge on any atom is 0.296 e. The molecule has 0 atom stereocenters. The first-order valence-electron chi connectivity index (χ1n) is 15.2. The van der Waals surface area contributed by atoms with Crippen molar-refractivity contribution in [2.75, 3.05) is 6.61 Å². The molecule has 0 aliphatic heterocycles. The molecule has 0 heterocycles. The van der Waals surface area contributed by atoms with E-state index in [1.165, 1.54) is 96.3 Å². The summed E-state index contributed by atoms with van der Waals surface area (Å²) in [5.74, 6) is 0.452. The van der Waals surface area contributed by atoms with Crippen molar-refractivity contribution in [1.29, 1.82) is 0 Å². The van der Waals surface area contributed by atoms with Crippen LogP contribution in [0.15, 0.2) is 59.5 Å². The highest BCUT2D eigenvalue weighted by Gasteiger charge is 2.13. The van der Waals surface area contributed by atoms with Crippen molar-refractivity contribution in [1.82, 2.24) is 0 Å². The van der Waals surface area contributed by atoms with E-state index in [9.17, 15) is 13.5 Å². The van der Waals surface area contributed by atoms with Gasteiger partial charge in [0, 0.05) is 0 Å². The lowest BCUT2D eigenvalue weighted by Crippen LogP contribution is -2.07. The van der Waals surface area contributed by atoms with Gasteiger partial charge in [0.15, 0.2) is 0 Å². The summed E-state index contributed by atoms with van der Waals surface area (Å²) in [5.41, 5.74) is 1.09. The molecule has 0 aliphatic rings. The number of aromatic hydroxyl groups is 1. The Morgan fingerprint density at radius 3 is 1.55 bits per heavy atom. The number of unbranched alkanes of at least 4 members (excludes halogenated alkanes) is 15. The van der Waals surface area contributed by atoms with E-state index in [0.717, 1.165) is 24.8 Å². The van der Waals surface area contributed by atoms with Crippen molar-refractivity contribution < 1.29 is 17.7 Å². The highest BCUT2D eigenvalue weighted by Crippen LogP contribution is 2.19. The van der Waals surface area contributed by atoms with Gasteiger partial charge in [-0.2, -0.15) is 8.42 Å². The zero-order chi connectivity index (χ0) is 27.7. The first-order chi connectivity index (χ1) is 18.5. The third-order valence-corrected chi connectivity index (χ3v) is 8.14. The van der Waals surface area contributed by atoms with Crippen LogP contribution in [0, 0.1) is 0 Å². The second kappa shape index (κ2) is 23.1. The van der Waals surface area contributed by atoms with Gasteiger partial charge >= 0.3 is 0 Å². The summed E-state index contributed by atoms with van der Waals surface area (Å²) in [7, 11) is -3.57. The van der Waals surface area contributed by atoms with E-state index in [0.29, 0.717) is 5.75 Å². The Hall–Kier alpha value is -1.85. The van der Waals surface area contributed by atoms with Gasteiger partial charge in [-0.1, -0.05) is 147 Å². The number of aryl methyl sites for hydroxylation is 1. The molecule has 216 valence electrons.